The van der Waals surface area contributed by atoms with Crippen LogP contribution in [0, 0.1) is 0 Å². The molecular formula is C20H20N2O3S. The predicted molar refractivity (Wildman–Crippen MR) is 103 cm³/mol. The summed E-state index contributed by atoms with van der Waals surface area (Å²) >= 11 is 0. The number of sulfone groups is 1. The second kappa shape index (κ2) is 6.61. The number of rotatable bonds is 4. The minimum atomic E-state index is -3.01. The van der Waals surface area contributed by atoms with Gasteiger partial charge in [0.25, 0.3) is 0 Å². The van der Waals surface area contributed by atoms with Crippen molar-refractivity contribution in [2.75, 3.05) is 11.5 Å². The van der Waals surface area contributed by atoms with E-state index in [2.05, 4.69) is 11.4 Å². The van der Waals surface area contributed by atoms with Gasteiger partial charge in [0, 0.05) is 22.6 Å². The summed E-state index contributed by atoms with van der Waals surface area (Å²) in [4.78, 5) is 12.6. The van der Waals surface area contributed by atoms with Gasteiger partial charge in [0.1, 0.15) is 6.54 Å². The SMILES string of the molecule is O=C(Cn1c(-c2ccccc2)cc2ccccc21)NC1CCS(=O)(=O)C1. The Hall–Kier alpha value is -2.60. The number of nitrogens with one attached hydrogen (secondary N) is 1. The van der Waals surface area contributed by atoms with Crippen molar-refractivity contribution in [3.8, 4) is 11.3 Å². The quantitative estimate of drug-likeness (QED) is 0.770. The molecule has 6 heteroatoms. The molecule has 3 aromatic rings. The Morgan fingerprint density at radius 1 is 1.08 bits per heavy atom. The van der Waals surface area contributed by atoms with E-state index in [1.165, 1.54) is 0 Å². The fourth-order valence-electron chi connectivity index (χ4n) is 3.55. The maximum atomic E-state index is 12.6. The van der Waals surface area contributed by atoms with E-state index >= 15 is 0 Å². The van der Waals surface area contributed by atoms with Crippen molar-refractivity contribution < 1.29 is 13.2 Å². The van der Waals surface area contributed by atoms with E-state index in [0.29, 0.717) is 6.42 Å². The molecule has 1 aromatic heterocycles. The number of aromatic nitrogens is 1. The van der Waals surface area contributed by atoms with Gasteiger partial charge in [-0.25, -0.2) is 8.42 Å². The maximum absolute atomic E-state index is 12.6. The van der Waals surface area contributed by atoms with Crippen molar-refractivity contribution in [3.05, 3.63) is 60.7 Å². The fraction of sp³-hybridized carbons (Fsp3) is 0.250. The molecule has 0 bridgehead atoms. The molecule has 0 aliphatic carbocycles. The number of carbonyl (C=O) groups excluding carboxylic acids is 1. The maximum Gasteiger partial charge on any atom is 0.240 e. The van der Waals surface area contributed by atoms with Gasteiger partial charge >= 0.3 is 0 Å². The Bertz CT molecular complexity index is 1060. The molecule has 1 fully saturated rings. The summed E-state index contributed by atoms with van der Waals surface area (Å²) < 4.78 is 25.2. The highest BCUT2D eigenvalue weighted by atomic mass is 32.2. The zero-order valence-electron chi connectivity index (χ0n) is 14.3. The van der Waals surface area contributed by atoms with E-state index in [1.807, 2.05) is 59.2 Å². The molecule has 134 valence electrons. The smallest absolute Gasteiger partial charge is 0.240 e. The van der Waals surface area contributed by atoms with Gasteiger partial charge in [-0.15, -0.1) is 0 Å². The number of amides is 1. The van der Waals surface area contributed by atoms with Crippen LogP contribution in [-0.2, 0) is 21.2 Å². The summed E-state index contributed by atoms with van der Waals surface area (Å²) in [5, 5.41) is 3.95. The summed E-state index contributed by atoms with van der Waals surface area (Å²) in [6, 6.07) is 19.7. The molecule has 2 aromatic carbocycles. The average Bonchev–Trinajstić information content (AvgIpc) is 3.16. The Kier molecular flexibility index (Phi) is 4.28. The van der Waals surface area contributed by atoms with Crippen LogP contribution in [0.3, 0.4) is 0 Å². The molecule has 0 spiro atoms. The molecule has 4 rings (SSSR count). The van der Waals surface area contributed by atoms with Crippen molar-refractivity contribution in [2.24, 2.45) is 0 Å². The summed E-state index contributed by atoms with van der Waals surface area (Å²) in [7, 11) is -3.01. The first-order valence-corrected chi connectivity index (χ1v) is 10.5. The lowest BCUT2D eigenvalue weighted by Crippen LogP contribution is -2.37. The van der Waals surface area contributed by atoms with E-state index in [0.717, 1.165) is 22.2 Å². The Morgan fingerprint density at radius 2 is 1.81 bits per heavy atom. The van der Waals surface area contributed by atoms with Crippen LogP contribution in [-0.4, -0.2) is 36.4 Å². The van der Waals surface area contributed by atoms with E-state index in [4.69, 9.17) is 0 Å². The van der Waals surface area contributed by atoms with Crippen molar-refractivity contribution in [3.63, 3.8) is 0 Å². The second-order valence-electron chi connectivity index (χ2n) is 6.71. The number of hydrogen-bond acceptors (Lipinski definition) is 3. The normalized spacial score (nSPS) is 18.8. The van der Waals surface area contributed by atoms with Gasteiger partial charge < -0.3 is 9.88 Å². The van der Waals surface area contributed by atoms with Gasteiger partial charge in [-0.1, -0.05) is 48.5 Å². The number of para-hydroxylation sites is 1. The topological polar surface area (TPSA) is 68.2 Å². The van der Waals surface area contributed by atoms with Crippen LogP contribution in [0.5, 0.6) is 0 Å². The van der Waals surface area contributed by atoms with Crippen LogP contribution in [0.1, 0.15) is 6.42 Å². The van der Waals surface area contributed by atoms with Crippen LogP contribution in [0.4, 0.5) is 0 Å². The molecule has 1 amide bonds. The lowest BCUT2D eigenvalue weighted by atomic mass is 10.1. The van der Waals surface area contributed by atoms with Crippen LogP contribution in [0.25, 0.3) is 22.2 Å². The first-order valence-electron chi connectivity index (χ1n) is 8.65. The molecule has 5 nitrogen and oxygen atoms in total. The average molecular weight is 368 g/mol. The first-order chi connectivity index (χ1) is 12.5. The van der Waals surface area contributed by atoms with Gasteiger partial charge in [0.05, 0.1) is 11.5 Å². The highest BCUT2D eigenvalue weighted by Gasteiger charge is 2.29. The van der Waals surface area contributed by atoms with Crippen molar-refractivity contribution in [1.82, 2.24) is 9.88 Å². The van der Waals surface area contributed by atoms with E-state index < -0.39 is 9.84 Å². The lowest BCUT2D eigenvalue weighted by Gasteiger charge is -2.14. The molecule has 0 radical (unpaired) electrons. The highest BCUT2D eigenvalue weighted by Crippen LogP contribution is 2.28. The monoisotopic (exact) mass is 368 g/mol. The number of benzene rings is 2. The van der Waals surface area contributed by atoms with E-state index in [-0.39, 0.29) is 30.0 Å². The van der Waals surface area contributed by atoms with Crippen molar-refractivity contribution >= 4 is 26.6 Å². The largest absolute Gasteiger partial charge is 0.351 e. The Morgan fingerprint density at radius 3 is 2.54 bits per heavy atom. The fourth-order valence-corrected chi connectivity index (χ4v) is 5.23. The molecule has 1 saturated heterocycles. The second-order valence-corrected chi connectivity index (χ2v) is 8.94. The summed E-state index contributed by atoms with van der Waals surface area (Å²) in [5.74, 6) is 0.0294. The van der Waals surface area contributed by atoms with Gasteiger partial charge in [0.2, 0.25) is 5.91 Å². The predicted octanol–water partition coefficient (Wildman–Crippen LogP) is 2.61. The molecular weight excluding hydrogens is 348 g/mol. The number of nitrogens with zero attached hydrogens (tertiary/aromatic N) is 1. The van der Waals surface area contributed by atoms with Crippen LogP contribution in [0.2, 0.25) is 0 Å². The third kappa shape index (κ3) is 3.37. The lowest BCUT2D eigenvalue weighted by molar-refractivity contribution is -0.122. The Labute approximate surface area is 152 Å². The highest BCUT2D eigenvalue weighted by molar-refractivity contribution is 7.91. The van der Waals surface area contributed by atoms with Crippen molar-refractivity contribution in [1.29, 1.82) is 0 Å². The third-order valence-electron chi connectivity index (χ3n) is 4.78. The molecule has 2 heterocycles. The summed E-state index contributed by atoms with van der Waals surface area (Å²) in [5.41, 5.74) is 3.00. The first kappa shape index (κ1) is 16.8. The molecule has 0 saturated carbocycles. The summed E-state index contributed by atoms with van der Waals surface area (Å²) in [6.45, 7) is 0.161. The molecule has 1 aliphatic heterocycles. The number of carbonyl (C=O) groups is 1. The summed E-state index contributed by atoms with van der Waals surface area (Å²) in [6.07, 6.45) is 0.492. The van der Waals surface area contributed by atoms with E-state index in [1.54, 1.807) is 0 Å². The zero-order chi connectivity index (χ0) is 18.1. The van der Waals surface area contributed by atoms with Crippen LogP contribution in [0.15, 0.2) is 60.7 Å². The van der Waals surface area contributed by atoms with Gasteiger partial charge in [-0.05, 0) is 24.1 Å². The number of fused-ring (bicyclic) bond motifs is 1. The van der Waals surface area contributed by atoms with Gasteiger partial charge in [0.15, 0.2) is 9.84 Å². The zero-order valence-corrected chi connectivity index (χ0v) is 15.1. The minimum Gasteiger partial charge on any atom is -0.351 e. The minimum absolute atomic E-state index is 0.0384. The van der Waals surface area contributed by atoms with Crippen LogP contribution < -0.4 is 5.32 Å². The standard InChI is InChI=1S/C20H20N2O3S/c23-20(21-17-10-11-26(24,25)14-17)13-22-18-9-5-4-8-16(18)12-19(22)15-6-2-1-3-7-15/h1-9,12,17H,10-11,13-14H2,(H,21,23). The molecule has 1 N–H and O–H groups in total. The van der Waals surface area contributed by atoms with Crippen molar-refractivity contribution in [2.45, 2.75) is 19.0 Å². The van der Waals surface area contributed by atoms with Gasteiger partial charge in [-0.2, -0.15) is 0 Å². The molecule has 1 aliphatic rings. The number of hydrogen-bond donors (Lipinski definition) is 1. The van der Waals surface area contributed by atoms with Crippen LogP contribution >= 0.6 is 0 Å². The molecule has 1 atom stereocenters. The third-order valence-corrected chi connectivity index (χ3v) is 6.55. The Balaban J connectivity index is 1.64. The molecule has 1 unspecified atom stereocenters. The van der Waals surface area contributed by atoms with E-state index in [9.17, 15) is 13.2 Å². The molecule has 26 heavy (non-hydrogen) atoms. The van der Waals surface area contributed by atoms with Gasteiger partial charge in [-0.3, -0.25) is 4.79 Å².